The Morgan fingerprint density at radius 3 is 2.52 bits per heavy atom. The molecular formula is C18H19FN2O5S. The van der Waals surface area contributed by atoms with Crippen LogP contribution in [0.4, 0.5) is 15.8 Å². The van der Waals surface area contributed by atoms with Gasteiger partial charge in [-0.1, -0.05) is 25.1 Å². The second-order valence-corrected chi connectivity index (χ2v) is 7.59. The van der Waals surface area contributed by atoms with Crippen molar-refractivity contribution < 1.29 is 27.1 Å². The maximum atomic E-state index is 13.2. The molecule has 0 radical (unpaired) electrons. The van der Waals surface area contributed by atoms with Gasteiger partial charge in [-0.25, -0.2) is 17.6 Å². The molecule has 1 atom stereocenters. The van der Waals surface area contributed by atoms with Gasteiger partial charge in [0.2, 0.25) is 15.9 Å². The first-order valence-electron chi connectivity index (χ1n) is 7.96. The highest BCUT2D eigenvalue weighted by Crippen LogP contribution is 2.18. The molecule has 0 saturated carbocycles. The van der Waals surface area contributed by atoms with E-state index in [9.17, 15) is 22.4 Å². The lowest BCUT2D eigenvalue weighted by Gasteiger charge is -2.15. The van der Waals surface area contributed by atoms with Crippen molar-refractivity contribution in [1.29, 1.82) is 0 Å². The van der Waals surface area contributed by atoms with Gasteiger partial charge >= 0.3 is 5.97 Å². The standard InChI is InChI=1S/C18H19FN2O5S/c1-12(11-27(24,25)21-14-7-5-6-13(19)10-14)17(22)20-16-9-4-3-8-15(16)18(23)26-2/h3-10,12,21H,11H2,1-2H3,(H,20,22). The molecule has 1 amide bonds. The minimum atomic E-state index is -3.89. The van der Waals surface area contributed by atoms with Crippen LogP contribution in [-0.4, -0.2) is 33.2 Å². The molecule has 0 saturated heterocycles. The summed E-state index contributed by atoms with van der Waals surface area (Å²) in [6.07, 6.45) is 0. The summed E-state index contributed by atoms with van der Waals surface area (Å²) in [5.41, 5.74) is 0.441. The summed E-state index contributed by atoms with van der Waals surface area (Å²) in [5.74, 6) is -3.24. The van der Waals surface area contributed by atoms with E-state index in [2.05, 4.69) is 14.8 Å². The Labute approximate surface area is 156 Å². The predicted octanol–water partition coefficient (Wildman–Crippen LogP) is 2.63. The second-order valence-electron chi connectivity index (χ2n) is 5.82. The van der Waals surface area contributed by atoms with Gasteiger partial charge in [0, 0.05) is 0 Å². The van der Waals surface area contributed by atoms with Gasteiger partial charge in [0.15, 0.2) is 0 Å². The lowest BCUT2D eigenvalue weighted by atomic mass is 10.1. The van der Waals surface area contributed by atoms with Crippen molar-refractivity contribution in [2.45, 2.75) is 6.92 Å². The summed E-state index contributed by atoms with van der Waals surface area (Å²) in [4.78, 5) is 24.1. The zero-order chi connectivity index (χ0) is 20.0. The van der Waals surface area contributed by atoms with Crippen LogP contribution in [0.25, 0.3) is 0 Å². The van der Waals surface area contributed by atoms with Gasteiger partial charge in [0.25, 0.3) is 0 Å². The van der Waals surface area contributed by atoms with Crippen LogP contribution >= 0.6 is 0 Å². The number of halogens is 1. The number of nitrogens with one attached hydrogen (secondary N) is 2. The number of methoxy groups -OCH3 is 1. The molecular weight excluding hydrogens is 375 g/mol. The number of esters is 1. The molecule has 0 spiro atoms. The quantitative estimate of drug-likeness (QED) is 0.703. The molecule has 0 aliphatic rings. The Balaban J connectivity index is 2.06. The maximum absolute atomic E-state index is 13.2. The Bertz CT molecular complexity index is 946. The summed E-state index contributed by atoms with van der Waals surface area (Å²) in [6, 6.07) is 11.2. The minimum absolute atomic E-state index is 0.0682. The largest absolute Gasteiger partial charge is 0.465 e. The molecule has 0 aliphatic carbocycles. The van der Waals surface area contributed by atoms with Crippen LogP contribution in [0.3, 0.4) is 0 Å². The number of anilines is 2. The summed E-state index contributed by atoms with van der Waals surface area (Å²) >= 11 is 0. The monoisotopic (exact) mass is 394 g/mol. The number of rotatable bonds is 7. The highest BCUT2D eigenvalue weighted by atomic mass is 32.2. The molecule has 27 heavy (non-hydrogen) atoms. The first kappa shape index (κ1) is 20.4. The highest BCUT2D eigenvalue weighted by Gasteiger charge is 2.23. The van der Waals surface area contributed by atoms with Crippen LogP contribution in [0.5, 0.6) is 0 Å². The van der Waals surface area contributed by atoms with Gasteiger partial charge in [0.1, 0.15) is 5.82 Å². The SMILES string of the molecule is COC(=O)c1ccccc1NC(=O)C(C)CS(=O)(=O)Nc1cccc(F)c1. The average Bonchev–Trinajstić information content (AvgIpc) is 2.60. The van der Waals surface area contributed by atoms with Gasteiger partial charge in [0.05, 0.1) is 35.7 Å². The third kappa shape index (κ3) is 5.78. The Kier molecular flexibility index (Phi) is 6.51. The van der Waals surface area contributed by atoms with Crippen LogP contribution < -0.4 is 10.0 Å². The predicted molar refractivity (Wildman–Crippen MR) is 99.4 cm³/mol. The molecule has 0 bridgehead atoms. The van der Waals surface area contributed by atoms with E-state index in [0.717, 1.165) is 6.07 Å². The Morgan fingerprint density at radius 2 is 1.85 bits per heavy atom. The molecule has 144 valence electrons. The average molecular weight is 394 g/mol. The van der Waals surface area contributed by atoms with E-state index in [1.54, 1.807) is 12.1 Å². The van der Waals surface area contributed by atoms with Crippen LogP contribution in [0, 0.1) is 11.7 Å². The fourth-order valence-corrected chi connectivity index (χ4v) is 3.69. The summed E-state index contributed by atoms with van der Waals surface area (Å²) in [6.45, 7) is 1.43. The number of hydrogen-bond acceptors (Lipinski definition) is 5. The third-order valence-corrected chi connectivity index (χ3v) is 5.09. The van der Waals surface area contributed by atoms with Gasteiger partial charge in [-0.15, -0.1) is 0 Å². The van der Waals surface area contributed by atoms with E-state index < -0.39 is 39.4 Å². The van der Waals surface area contributed by atoms with E-state index in [1.807, 2.05) is 0 Å². The number of amides is 1. The van der Waals surface area contributed by atoms with Crippen LogP contribution in [0.2, 0.25) is 0 Å². The molecule has 7 nitrogen and oxygen atoms in total. The molecule has 2 aromatic rings. The Morgan fingerprint density at radius 1 is 1.15 bits per heavy atom. The van der Waals surface area contributed by atoms with Crippen molar-refractivity contribution in [3.05, 3.63) is 59.9 Å². The smallest absolute Gasteiger partial charge is 0.339 e. The molecule has 1 unspecified atom stereocenters. The van der Waals surface area contributed by atoms with Gasteiger partial charge in [-0.2, -0.15) is 0 Å². The number of para-hydroxylation sites is 1. The number of carbonyl (C=O) groups is 2. The number of sulfonamides is 1. The second kappa shape index (κ2) is 8.63. The molecule has 0 aliphatic heterocycles. The van der Waals surface area contributed by atoms with Crippen molar-refractivity contribution in [2.24, 2.45) is 5.92 Å². The fraction of sp³-hybridized carbons (Fsp3) is 0.222. The van der Waals surface area contributed by atoms with Gasteiger partial charge in [-0.3, -0.25) is 9.52 Å². The van der Waals surface area contributed by atoms with Crippen molar-refractivity contribution in [3.8, 4) is 0 Å². The molecule has 2 aromatic carbocycles. The van der Waals surface area contributed by atoms with Crippen molar-refractivity contribution in [3.63, 3.8) is 0 Å². The van der Waals surface area contributed by atoms with Crippen LogP contribution in [0.15, 0.2) is 48.5 Å². The van der Waals surface area contributed by atoms with Crippen molar-refractivity contribution >= 4 is 33.3 Å². The summed E-state index contributed by atoms with van der Waals surface area (Å²) < 4.78 is 44.5. The van der Waals surface area contributed by atoms with Gasteiger partial charge < -0.3 is 10.1 Å². The minimum Gasteiger partial charge on any atom is -0.465 e. The fourth-order valence-electron chi connectivity index (χ4n) is 2.31. The zero-order valence-corrected chi connectivity index (χ0v) is 15.5. The van der Waals surface area contributed by atoms with Crippen molar-refractivity contribution in [1.82, 2.24) is 0 Å². The normalized spacial score (nSPS) is 12.1. The molecule has 2 N–H and O–H groups in total. The molecule has 0 fully saturated rings. The maximum Gasteiger partial charge on any atom is 0.339 e. The topological polar surface area (TPSA) is 102 Å². The highest BCUT2D eigenvalue weighted by molar-refractivity contribution is 7.92. The summed E-state index contributed by atoms with van der Waals surface area (Å²) in [7, 11) is -2.67. The zero-order valence-electron chi connectivity index (χ0n) is 14.7. The van der Waals surface area contributed by atoms with Crippen molar-refractivity contribution in [2.75, 3.05) is 22.9 Å². The number of ether oxygens (including phenoxy) is 1. The van der Waals surface area contributed by atoms with E-state index in [0.29, 0.717) is 0 Å². The molecule has 2 rings (SSSR count). The molecule has 9 heteroatoms. The number of carbonyl (C=O) groups excluding carboxylic acids is 2. The lowest BCUT2D eigenvalue weighted by molar-refractivity contribution is -0.118. The third-order valence-electron chi connectivity index (χ3n) is 3.61. The van der Waals surface area contributed by atoms with E-state index in [1.165, 1.54) is 44.4 Å². The molecule has 0 aromatic heterocycles. The lowest BCUT2D eigenvalue weighted by Crippen LogP contribution is -2.30. The summed E-state index contributed by atoms with van der Waals surface area (Å²) in [5, 5.41) is 2.53. The first-order valence-corrected chi connectivity index (χ1v) is 9.61. The van der Waals surface area contributed by atoms with Crippen LogP contribution in [0.1, 0.15) is 17.3 Å². The number of benzene rings is 2. The first-order chi connectivity index (χ1) is 12.7. The van der Waals surface area contributed by atoms with E-state index >= 15 is 0 Å². The number of hydrogen-bond donors (Lipinski definition) is 2. The Hall–Kier alpha value is -2.94. The molecule has 0 heterocycles. The van der Waals surface area contributed by atoms with E-state index in [4.69, 9.17) is 0 Å². The van der Waals surface area contributed by atoms with Gasteiger partial charge in [-0.05, 0) is 30.3 Å². The van der Waals surface area contributed by atoms with Crippen LogP contribution in [-0.2, 0) is 19.6 Å². The van der Waals surface area contributed by atoms with E-state index in [-0.39, 0.29) is 16.9 Å².